The smallest absolute Gasteiger partial charge is 0.262 e. The molecule has 7 heterocycles. The van der Waals surface area contributed by atoms with E-state index >= 15 is 4.39 Å². The van der Waals surface area contributed by atoms with Gasteiger partial charge in [-0.2, -0.15) is 4.98 Å². The summed E-state index contributed by atoms with van der Waals surface area (Å²) in [6.45, 7) is 3.91. The van der Waals surface area contributed by atoms with Crippen LogP contribution in [0.5, 0.6) is 0 Å². The molecular formula is C43H52FN9O9S. The molecule has 3 N–H and O–H groups in total. The van der Waals surface area contributed by atoms with Crippen molar-refractivity contribution in [3.63, 3.8) is 0 Å². The summed E-state index contributed by atoms with van der Waals surface area (Å²) < 4.78 is 46.2. The highest BCUT2D eigenvalue weighted by Gasteiger charge is 2.46. The van der Waals surface area contributed by atoms with E-state index in [4.69, 9.17) is 4.98 Å². The Kier molecular flexibility index (Phi) is 11.4. The molecule has 3 atom stereocenters. The summed E-state index contributed by atoms with van der Waals surface area (Å²) in [5.74, 6) is -3.05. The van der Waals surface area contributed by atoms with Crippen molar-refractivity contribution < 1.29 is 41.9 Å². The molecule has 2 unspecified atom stereocenters. The lowest BCUT2D eigenvalue weighted by atomic mass is 9.92. The monoisotopic (exact) mass is 889 g/mol. The SMILES string of the molecule is C[C@@]1(O)CCCC1n1c(=O)ccc2cnc(NC3CCN(S(=O)(=O)C4CCN(C(=O)CC5CCN(c6cc7c(cc6F)C(=O)N(C6CCC(=O)NC6=O)C7=O)CC5)CC4)CC3)nc21. The van der Waals surface area contributed by atoms with Crippen LogP contribution in [-0.2, 0) is 24.4 Å². The summed E-state index contributed by atoms with van der Waals surface area (Å²) >= 11 is 0. The number of sulfonamides is 1. The van der Waals surface area contributed by atoms with E-state index in [0.29, 0.717) is 108 Å². The zero-order valence-electron chi connectivity index (χ0n) is 35.1. The number of halogens is 1. The largest absolute Gasteiger partial charge is 0.388 e. The summed E-state index contributed by atoms with van der Waals surface area (Å²) in [5.41, 5.74) is -0.765. The molecule has 5 aliphatic heterocycles. The number of carbonyl (C=O) groups excluding carboxylic acids is 5. The maximum absolute atomic E-state index is 15.5. The first kappa shape index (κ1) is 42.9. The minimum atomic E-state index is -3.61. The van der Waals surface area contributed by atoms with Gasteiger partial charge < -0.3 is 20.2 Å². The van der Waals surface area contributed by atoms with Crippen LogP contribution in [0.1, 0.15) is 111 Å². The van der Waals surface area contributed by atoms with Crippen molar-refractivity contribution in [2.24, 2.45) is 5.92 Å². The Balaban J connectivity index is 0.740. The maximum Gasteiger partial charge on any atom is 0.262 e. The average Bonchev–Trinajstić information content (AvgIpc) is 3.73. The molecule has 1 aromatic carbocycles. The molecule has 1 saturated carbocycles. The Labute approximate surface area is 363 Å². The molecule has 4 saturated heterocycles. The van der Waals surface area contributed by atoms with E-state index in [1.807, 2.05) is 0 Å². The third kappa shape index (κ3) is 8.09. The number of anilines is 2. The number of benzene rings is 1. The number of amides is 5. The molecule has 336 valence electrons. The average molecular weight is 890 g/mol. The van der Waals surface area contributed by atoms with E-state index in [1.54, 1.807) is 37.9 Å². The Morgan fingerprint density at radius 3 is 2.29 bits per heavy atom. The number of pyridine rings is 1. The third-order valence-corrected chi connectivity index (χ3v) is 16.5. The minimum absolute atomic E-state index is 0.000314. The van der Waals surface area contributed by atoms with Crippen LogP contribution in [0.15, 0.2) is 35.3 Å². The van der Waals surface area contributed by atoms with Crippen LogP contribution in [0.2, 0.25) is 0 Å². The lowest BCUT2D eigenvalue weighted by Crippen LogP contribution is -2.54. The first-order valence-electron chi connectivity index (χ1n) is 22.0. The van der Waals surface area contributed by atoms with Gasteiger partial charge in [-0.1, -0.05) is 0 Å². The molecule has 20 heteroatoms. The number of imide groups is 2. The van der Waals surface area contributed by atoms with E-state index in [2.05, 4.69) is 15.6 Å². The maximum atomic E-state index is 15.5. The summed E-state index contributed by atoms with van der Waals surface area (Å²) in [5, 5.41) is 16.6. The number of aliphatic hydroxyl groups is 1. The standard InChI is InChI=1S/C43H52FN9O9S/c1-43(60)14-2-3-34(43)53-36(55)7-4-26-24-45-42(48-38(26)53)46-27-10-19-51(20-11-27)63(61,62)28-12-17-50(18-13-28)37(56)21-25-8-15-49(16-9-25)33-23-30-29(22-31(33)44)40(58)52(41(30)59)32-5-6-35(54)47-39(32)57/h4,7,22-25,27-28,32,34,60H,2-3,5-6,8-21H2,1H3,(H,45,46,48)(H,47,54,57)/t32?,34?,43-/m1/s1. The van der Waals surface area contributed by atoms with E-state index < -0.39 is 62.4 Å². The van der Waals surface area contributed by atoms with Crippen LogP contribution in [0.4, 0.5) is 16.0 Å². The molecule has 0 radical (unpaired) electrons. The number of nitrogens with zero attached hydrogens (tertiary/aromatic N) is 7. The van der Waals surface area contributed by atoms with Gasteiger partial charge in [-0.15, -0.1) is 0 Å². The summed E-state index contributed by atoms with van der Waals surface area (Å²) in [7, 11) is -3.61. The van der Waals surface area contributed by atoms with Gasteiger partial charge in [0.1, 0.15) is 17.5 Å². The number of aromatic nitrogens is 3. The van der Waals surface area contributed by atoms with Gasteiger partial charge in [-0.05, 0) is 95.2 Å². The molecule has 9 rings (SSSR count). The van der Waals surface area contributed by atoms with Gasteiger partial charge >= 0.3 is 0 Å². The number of rotatable bonds is 9. The lowest BCUT2D eigenvalue weighted by molar-refractivity contribution is -0.136. The molecule has 2 aromatic heterocycles. The van der Waals surface area contributed by atoms with Crippen molar-refractivity contribution in [3.8, 4) is 0 Å². The van der Waals surface area contributed by atoms with Crippen molar-refractivity contribution >= 4 is 62.2 Å². The number of nitrogens with one attached hydrogen (secondary N) is 2. The van der Waals surface area contributed by atoms with Crippen LogP contribution in [0, 0.1) is 11.7 Å². The fraction of sp³-hybridized carbons (Fsp3) is 0.581. The molecule has 0 bridgehead atoms. The molecule has 18 nitrogen and oxygen atoms in total. The zero-order valence-corrected chi connectivity index (χ0v) is 35.9. The van der Waals surface area contributed by atoms with Crippen LogP contribution in [0.25, 0.3) is 11.0 Å². The Bertz CT molecular complexity index is 2550. The second-order valence-electron chi connectivity index (χ2n) is 18.2. The summed E-state index contributed by atoms with van der Waals surface area (Å²) in [6, 6.07) is 3.91. The Hall–Kier alpha value is -5.34. The number of carbonyl (C=O) groups is 5. The van der Waals surface area contributed by atoms with Gasteiger partial charge in [0.05, 0.1) is 33.7 Å². The number of piperidine rings is 4. The molecule has 1 aliphatic carbocycles. The Morgan fingerprint density at radius 2 is 1.62 bits per heavy atom. The van der Waals surface area contributed by atoms with Gasteiger partial charge in [-0.25, -0.2) is 22.1 Å². The van der Waals surface area contributed by atoms with E-state index in [0.717, 1.165) is 17.4 Å². The lowest BCUT2D eigenvalue weighted by Gasteiger charge is -2.38. The van der Waals surface area contributed by atoms with Crippen molar-refractivity contribution in [3.05, 3.63) is 57.8 Å². The van der Waals surface area contributed by atoms with E-state index in [-0.39, 0.29) is 59.5 Å². The highest BCUT2D eigenvalue weighted by molar-refractivity contribution is 7.89. The van der Waals surface area contributed by atoms with Crippen LogP contribution in [0.3, 0.4) is 0 Å². The quantitative estimate of drug-likeness (QED) is 0.263. The van der Waals surface area contributed by atoms with Gasteiger partial charge in [0.15, 0.2) is 0 Å². The van der Waals surface area contributed by atoms with E-state index in [9.17, 15) is 42.3 Å². The number of fused-ring (bicyclic) bond motifs is 2. The van der Waals surface area contributed by atoms with Crippen LogP contribution >= 0.6 is 0 Å². The molecule has 0 spiro atoms. The first-order chi connectivity index (χ1) is 30.1. The molecule has 3 aromatic rings. The van der Waals surface area contributed by atoms with Crippen LogP contribution < -0.4 is 21.1 Å². The number of hydrogen-bond donors (Lipinski definition) is 3. The third-order valence-electron chi connectivity index (χ3n) is 14.1. The van der Waals surface area contributed by atoms with E-state index in [1.165, 1.54) is 12.1 Å². The predicted octanol–water partition coefficient (Wildman–Crippen LogP) is 2.31. The summed E-state index contributed by atoms with van der Waals surface area (Å²) in [6.07, 6.45) is 6.91. The molecule has 5 amide bonds. The van der Waals surface area contributed by atoms with Crippen molar-refractivity contribution in [2.45, 2.75) is 113 Å². The summed E-state index contributed by atoms with van der Waals surface area (Å²) in [4.78, 5) is 90.4. The fourth-order valence-corrected chi connectivity index (χ4v) is 12.4. The molecule has 5 fully saturated rings. The van der Waals surface area contributed by atoms with Crippen LogP contribution in [-0.4, -0.2) is 134 Å². The van der Waals surface area contributed by atoms with Gasteiger partial charge in [-0.3, -0.25) is 43.6 Å². The second kappa shape index (κ2) is 16.7. The van der Waals surface area contributed by atoms with Gasteiger partial charge in [0.2, 0.25) is 33.7 Å². The predicted molar refractivity (Wildman–Crippen MR) is 227 cm³/mol. The van der Waals surface area contributed by atoms with Crippen molar-refractivity contribution in [1.29, 1.82) is 0 Å². The number of hydrogen-bond acceptors (Lipinski definition) is 13. The highest BCUT2D eigenvalue weighted by Crippen LogP contribution is 2.40. The Morgan fingerprint density at radius 1 is 0.921 bits per heavy atom. The highest BCUT2D eigenvalue weighted by atomic mass is 32.2. The normalized spacial score (nSPS) is 25.9. The first-order valence-corrected chi connectivity index (χ1v) is 23.5. The van der Waals surface area contributed by atoms with Gasteiger partial charge in [0, 0.05) is 75.8 Å². The second-order valence-corrected chi connectivity index (χ2v) is 20.4. The minimum Gasteiger partial charge on any atom is -0.388 e. The fourth-order valence-electron chi connectivity index (χ4n) is 10.5. The molecular weight excluding hydrogens is 838 g/mol. The van der Waals surface area contributed by atoms with Crippen molar-refractivity contribution in [1.82, 2.24) is 34.0 Å². The van der Waals surface area contributed by atoms with Gasteiger partial charge in [0.25, 0.3) is 17.4 Å². The number of likely N-dealkylation sites (tertiary alicyclic amines) is 1. The molecule has 63 heavy (non-hydrogen) atoms. The molecule has 6 aliphatic rings. The topological polar surface area (TPSA) is 225 Å². The van der Waals surface area contributed by atoms with Crippen molar-refractivity contribution in [2.75, 3.05) is 49.5 Å². The zero-order chi connectivity index (χ0) is 44.4.